The Hall–Kier alpha value is -1.42. The summed E-state index contributed by atoms with van der Waals surface area (Å²) in [5.74, 6) is -1.21. The smallest absolute Gasteiger partial charge is 0.325 e. The number of aliphatic carboxylic acids is 1. The van der Waals surface area contributed by atoms with Crippen molar-refractivity contribution in [1.82, 2.24) is 4.90 Å². The third-order valence-corrected chi connectivity index (χ3v) is 3.36. The third-order valence-electron chi connectivity index (χ3n) is 3.36. The van der Waals surface area contributed by atoms with Gasteiger partial charge in [-0.3, -0.25) is 9.69 Å². The fourth-order valence-electron chi connectivity index (χ4n) is 2.46. The molecule has 1 N–H and O–H groups in total. The average Bonchev–Trinajstić information content (AvgIpc) is 2.68. The summed E-state index contributed by atoms with van der Waals surface area (Å²) in [6, 6.07) is 5.34. The standard InChI is InChI=1S/C13H16FNO2/c1-9-3-2-8-15(9)12(13(16)17)10-4-6-11(14)7-5-10/h4-7,9,12H,2-3,8H2,1H3,(H,16,17)/t9-,12-/m1/s1. The summed E-state index contributed by atoms with van der Waals surface area (Å²) in [6.07, 6.45) is 2.04. The highest BCUT2D eigenvalue weighted by molar-refractivity contribution is 5.75. The number of carbonyl (C=O) groups is 1. The molecule has 1 aliphatic rings. The average molecular weight is 237 g/mol. The molecule has 4 heteroatoms. The zero-order chi connectivity index (χ0) is 12.4. The van der Waals surface area contributed by atoms with Gasteiger partial charge in [0.25, 0.3) is 0 Å². The van der Waals surface area contributed by atoms with Crippen LogP contribution in [0.2, 0.25) is 0 Å². The third kappa shape index (κ3) is 2.47. The van der Waals surface area contributed by atoms with Gasteiger partial charge in [-0.25, -0.2) is 4.39 Å². The Morgan fingerprint density at radius 1 is 1.47 bits per heavy atom. The van der Waals surface area contributed by atoms with Crippen LogP contribution >= 0.6 is 0 Å². The number of rotatable bonds is 3. The summed E-state index contributed by atoms with van der Waals surface area (Å²) in [5, 5.41) is 9.34. The molecule has 1 aromatic carbocycles. The van der Waals surface area contributed by atoms with Crippen LogP contribution in [0, 0.1) is 5.82 Å². The van der Waals surface area contributed by atoms with Crippen LogP contribution in [0.3, 0.4) is 0 Å². The van der Waals surface area contributed by atoms with Crippen molar-refractivity contribution in [3.05, 3.63) is 35.6 Å². The number of nitrogens with zero attached hydrogens (tertiary/aromatic N) is 1. The lowest BCUT2D eigenvalue weighted by atomic mass is 10.0. The lowest BCUT2D eigenvalue weighted by molar-refractivity contribution is -0.143. The van der Waals surface area contributed by atoms with Gasteiger partial charge in [-0.2, -0.15) is 0 Å². The van der Waals surface area contributed by atoms with Crippen LogP contribution in [0.1, 0.15) is 31.4 Å². The van der Waals surface area contributed by atoms with Crippen molar-refractivity contribution in [2.24, 2.45) is 0 Å². The Labute approximate surface area is 99.9 Å². The SMILES string of the molecule is C[C@@H]1CCCN1[C@@H](C(=O)O)c1ccc(F)cc1. The van der Waals surface area contributed by atoms with Gasteiger partial charge >= 0.3 is 5.97 Å². The number of likely N-dealkylation sites (tertiary alicyclic amines) is 1. The fraction of sp³-hybridized carbons (Fsp3) is 0.462. The minimum atomic E-state index is -0.870. The van der Waals surface area contributed by atoms with Crippen molar-refractivity contribution >= 4 is 5.97 Å². The van der Waals surface area contributed by atoms with E-state index in [1.54, 1.807) is 12.1 Å². The van der Waals surface area contributed by atoms with Gasteiger partial charge in [-0.1, -0.05) is 12.1 Å². The van der Waals surface area contributed by atoms with Gasteiger partial charge in [0.05, 0.1) is 0 Å². The summed E-state index contributed by atoms with van der Waals surface area (Å²) >= 11 is 0. The minimum absolute atomic E-state index is 0.265. The van der Waals surface area contributed by atoms with E-state index < -0.39 is 12.0 Å². The number of hydrogen-bond acceptors (Lipinski definition) is 2. The number of halogens is 1. The molecule has 17 heavy (non-hydrogen) atoms. The summed E-state index contributed by atoms with van der Waals surface area (Å²) in [4.78, 5) is 13.3. The van der Waals surface area contributed by atoms with Crippen LogP contribution in [-0.4, -0.2) is 28.6 Å². The van der Waals surface area contributed by atoms with Gasteiger partial charge in [0.1, 0.15) is 11.9 Å². The molecule has 1 saturated heterocycles. The fourth-order valence-corrected chi connectivity index (χ4v) is 2.46. The van der Waals surface area contributed by atoms with Crippen LogP contribution in [0.4, 0.5) is 4.39 Å². The van der Waals surface area contributed by atoms with E-state index in [1.165, 1.54) is 12.1 Å². The normalized spacial score (nSPS) is 22.6. The van der Waals surface area contributed by atoms with Crippen LogP contribution in [0.5, 0.6) is 0 Å². The Morgan fingerprint density at radius 3 is 2.59 bits per heavy atom. The maximum Gasteiger partial charge on any atom is 0.325 e. The van der Waals surface area contributed by atoms with Crippen molar-refractivity contribution in [3.63, 3.8) is 0 Å². The molecule has 1 heterocycles. The lowest BCUT2D eigenvalue weighted by Gasteiger charge is -2.28. The van der Waals surface area contributed by atoms with E-state index in [1.807, 2.05) is 11.8 Å². The molecule has 0 radical (unpaired) electrons. The Bertz CT molecular complexity index is 404. The highest BCUT2D eigenvalue weighted by atomic mass is 19.1. The topological polar surface area (TPSA) is 40.5 Å². The molecule has 0 spiro atoms. The first-order chi connectivity index (χ1) is 8.09. The van der Waals surface area contributed by atoms with Crippen molar-refractivity contribution < 1.29 is 14.3 Å². The molecule has 0 saturated carbocycles. The van der Waals surface area contributed by atoms with E-state index in [4.69, 9.17) is 0 Å². The maximum atomic E-state index is 12.8. The molecule has 0 unspecified atom stereocenters. The van der Waals surface area contributed by atoms with Crippen molar-refractivity contribution in [2.75, 3.05) is 6.54 Å². The van der Waals surface area contributed by atoms with Gasteiger partial charge in [0.15, 0.2) is 0 Å². The summed E-state index contributed by atoms with van der Waals surface area (Å²) < 4.78 is 12.8. The maximum absolute atomic E-state index is 12.8. The van der Waals surface area contributed by atoms with Crippen molar-refractivity contribution in [3.8, 4) is 0 Å². The largest absolute Gasteiger partial charge is 0.480 e. The first kappa shape index (κ1) is 12.0. The minimum Gasteiger partial charge on any atom is -0.480 e. The molecular weight excluding hydrogens is 221 g/mol. The molecule has 2 atom stereocenters. The number of hydrogen-bond donors (Lipinski definition) is 1. The van der Waals surface area contributed by atoms with E-state index in [9.17, 15) is 14.3 Å². The van der Waals surface area contributed by atoms with Gasteiger partial charge in [-0.15, -0.1) is 0 Å². The molecule has 0 amide bonds. The molecule has 1 aliphatic heterocycles. The summed E-state index contributed by atoms with van der Waals surface area (Å²) in [7, 11) is 0. The molecule has 2 rings (SSSR count). The van der Waals surface area contributed by atoms with Gasteiger partial charge < -0.3 is 5.11 Å². The quantitative estimate of drug-likeness (QED) is 0.877. The number of carboxylic acids is 1. The number of carboxylic acid groups (broad SMARTS) is 1. The van der Waals surface area contributed by atoms with E-state index in [0.29, 0.717) is 5.56 Å². The second-order valence-corrected chi connectivity index (χ2v) is 4.52. The van der Waals surface area contributed by atoms with Crippen LogP contribution in [0.25, 0.3) is 0 Å². The second kappa shape index (κ2) is 4.84. The molecule has 0 aliphatic carbocycles. The Balaban J connectivity index is 2.28. The van der Waals surface area contributed by atoms with Crippen LogP contribution in [0.15, 0.2) is 24.3 Å². The first-order valence-electron chi connectivity index (χ1n) is 5.83. The Kier molecular flexibility index (Phi) is 3.43. The second-order valence-electron chi connectivity index (χ2n) is 4.52. The van der Waals surface area contributed by atoms with Gasteiger partial charge in [0, 0.05) is 6.04 Å². The van der Waals surface area contributed by atoms with E-state index in [2.05, 4.69) is 0 Å². The van der Waals surface area contributed by atoms with Crippen molar-refractivity contribution in [1.29, 1.82) is 0 Å². The first-order valence-corrected chi connectivity index (χ1v) is 5.83. The molecule has 3 nitrogen and oxygen atoms in total. The predicted molar refractivity (Wildman–Crippen MR) is 62.2 cm³/mol. The highest BCUT2D eigenvalue weighted by Crippen LogP contribution is 2.29. The van der Waals surface area contributed by atoms with Crippen LogP contribution in [-0.2, 0) is 4.79 Å². The van der Waals surface area contributed by atoms with Gasteiger partial charge in [0.2, 0.25) is 0 Å². The molecular formula is C13H16FNO2. The Morgan fingerprint density at radius 2 is 2.12 bits per heavy atom. The molecule has 0 bridgehead atoms. The molecule has 1 aromatic rings. The lowest BCUT2D eigenvalue weighted by Crippen LogP contribution is -2.36. The molecule has 1 fully saturated rings. The van der Waals surface area contributed by atoms with Gasteiger partial charge in [-0.05, 0) is 44.0 Å². The monoisotopic (exact) mass is 237 g/mol. The number of benzene rings is 1. The summed E-state index contributed by atoms with van der Waals surface area (Å²) in [5.41, 5.74) is 0.646. The van der Waals surface area contributed by atoms with E-state index in [-0.39, 0.29) is 11.9 Å². The highest BCUT2D eigenvalue weighted by Gasteiger charge is 2.33. The van der Waals surface area contributed by atoms with Crippen LogP contribution < -0.4 is 0 Å². The van der Waals surface area contributed by atoms with E-state index >= 15 is 0 Å². The summed E-state index contributed by atoms with van der Waals surface area (Å²) in [6.45, 7) is 2.82. The molecule has 0 aromatic heterocycles. The molecule has 92 valence electrons. The zero-order valence-electron chi connectivity index (χ0n) is 9.77. The van der Waals surface area contributed by atoms with E-state index in [0.717, 1.165) is 19.4 Å². The van der Waals surface area contributed by atoms with Crippen molar-refractivity contribution in [2.45, 2.75) is 31.8 Å². The predicted octanol–water partition coefficient (Wildman–Crippen LogP) is 2.44. The zero-order valence-corrected chi connectivity index (χ0v) is 9.77.